The number of hydrogen-bond acceptors (Lipinski definition) is 5. The van der Waals surface area contributed by atoms with Crippen LogP contribution in [0.3, 0.4) is 0 Å². The lowest BCUT2D eigenvalue weighted by molar-refractivity contribution is -0.128. The Morgan fingerprint density at radius 1 is 1.24 bits per heavy atom. The summed E-state index contributed by atoms with van der Waals surface area (Å²) in [5.41, 5.74) is 1.42. The zero-order valence-corrected chi connectivity index (χ0v) is 14.2. The predicted molar refractivity (Wildman–Crippen MR) is 92.1 cm³/mol. The molecule has 2 rings (SSSR count). The molecule has 25 heavy (non-hydrogen) atoms. The van der Waals surface area contributed by atoms with Crippen LogP contribution in [0.2, 0.25) is 0 Å². The lowest BCUT2D eigenvalue weighted by Gasteiger charge is -2.18. The Balaban J connectivity index is 2.04. The van der Waals surface area contributed by atoms with E-state index >= 15 is 0 Å². The highest BCUT2D eigenvalue weighted by atomic mass is 16.5. The average Bonchev–Trinajstić information content (AvgIpc) is 2.60. The van der Waals surface area contributed by atoms with Crippen molar-refractivity contribution in [1.82, 2.24) is 15.6 Å². The number of aromatic nitrogens is 1. The van der Waals surface area contributed by atoms with E-state index < -0.39 is 6.04 Å². The van der Waals surface area contributed by atoms with Gasteiger partial charge in [-0.15, -0.1) is 0 Å². The van der Waals surface area contributed by atoms with Gasteiger partial charge >= 0.3 is 0 Å². The first kappa shape index (κ1) is 18.3. The monoisotopic (exact) mass is 343 g/mol. The molecule has 1 aromatic heterocycles. The minimum atomic E-state index is -0.760. The van der Waals surface area contributed by atoms with Crippen LogP contribution in [0.4, 0.5) is 0 Å². The molecular weight excluding hydrogens is 322 g/mol. The molecule has 0 bridgehead atoms. The molecule has 2 aromatic rings. The van der Waals surface area contributed by atoms with E-state index in [1.54, 1.807) is 13.2 Å². The van der Waals surface area contributed by atoms with Gasteiger partial charge in [-0.05, 0) is 18.2 Å². The number of methoxy groups -OCH3 is 1. The Kier molecular flexibility index (Phi) is 6.33. The molecule has 0 radical (unpaired) electrons. The Labute approximate surface area is 146 Å². The summed E-state index contributed by atoms with van der Waals surface area (Å²) < 4.78 is 5.25. The second-order valence-electron chi connectivity index (χ2n) is 5.49. The van der Waals surface area contributed by atoms with Gasteiger partial charge in [0.1, 0.15) is 17.5 Å². The van der Waals surface area contributed by atoms with Crippen molar-refractivity contribution in [1.29, 1.82) is 0 Å². The topological polar surface area (TPSA) is 101 Å². The van der Waals surface area contributed by atoms with Gasteiger partial charge in [0.05, 0.1) is 13.3 Å². The summed E-state index contributed by atoms with van der Waals surface area (Å²) in [6.07, 6.45) is 1.52. The lowest BCUT2D eigenvalue weighted by atomic mass is 10.1. The van der Waals surface area contributed by atoms with Gasteiger partial charge in [0.15, 0.2) is 0 Å². The average molecular weight is 343 g/mol. The highest BCUT2D eigenvalue weighted by Crippen LogP contribution is 2.16. The molecule has 132 valence electrons. The number of hydrogen-bond donors (Lipinski definition) is 3. The summed E-state index contributed by atoms with van der Waals surface area (Å²) >= 11 is 0. The number of carbonyl (C=O) groups is 2. The minimum absolute atomic E-state index is 0.0421. The summed E-state index contributed by atoms with van der Waals surface area (Å²) in [5, 5.41) is 14.7. The van der Waals surface area contributed by atoms with E-state index in [0.29, 0.717) is 11.4 Å². The number of amides is 2. The number of aromatic hydroxyl groups is 1. The van der Waals surface area contributed by atoms with Crippen molar-refractivity contribution >= 4 is 11.8 Å². The first-order chi connectivity index (χ1) is 12.0. The first-order valence-electron chi connectivity index (χ1n) is 7.80. The lowest BCUT2D eigenvalue weighted by Crippen LogP contribution is -2.47. The second kappa shape index (κ2) is 8.68. The molecule has 1 aromatic carbocycles. The van der Waals surface area contributed by atoms with Gasteiger partial charge in [-0.25, -0.2) is 0 Å². The van der Waals surface area contributed by atoms with Crippen molar-refractivity contribution in [2.75, 3.05) is 7.11 Å². The molecule has 0 saturated carbocycles. The van der Waals surface area contributed by atoms with Gasteiger partial charge in [-0.1, -0.05) is 18.2 Å². The van der Waals surface area contributed by atoms with Gasteiger partial charge in [0.2, 0.25) is 11.8 Å². The van der Waals surface area contributed by atoms with Crippen molar-refractivity contribution in [3.63, 3.8) is 0 Å². The van der Waals surface area contributed by atoms with Crippen molar-refractivity contribution in [2.24, 2.45) is 0 Å². The normalized spacial score (nSPS) is 11.4. The van der Waals surface area contributed by atoms with E-state index in [0.717, 1.165) is 5.56 Å². The fourth-order valence-electron chi connectivity index (χ4n) is 2.36. The highest BCUT2D eigenvalue weighted by Gasteiger charge is 2.20. The number of nitrogens with zero attached hydrogens (tertiary/aromatic N) is 1. The third kappa shape index (κ3) is 5.49. The Morgan fingerprint density at radius 3 is 2.64 bits per heavy atom. The molecule has 7 nitrogen and oxygen atoms in total. The molecule has 1 atom stereocenters. The van der Waals surface area contributed by atoms with Crippen LogP contribution in [0.5, 0.6) is 11.5 Å². The highest BCUT2D eigenvalue weighted by molar-refractivity contribution is 5.87. The zero-order valence-electron chi connectivity index (χ0n) is 14.2. The zero-order chi connectivity index (χ0) is 18.2. The molecule has 1 heterocycles. The molecule has 0 fully saturated rings. The van der Waals surface area contributed by atoms with Crippen LogP contribution in [0.25, 0.3) is 0 Å². The summed E-state index contributed by atoms with van der Waals surface area (Å²) in [5.74, 6) is 0.0896. The van der Waals surface area contributed by atoms with E-state index in [2.05, 4.69) is 15.6 Å². The van der Waals surface area contributed by atoms with Gasteiger partial charge in [0, 0.05) is 31.1 Å². The maximum absolute atomic E-state index is 12.5. The Morgan fingerprint density at radius 2 is 2.00 bits per heavy atom. The summed E-state index contributed by atoms with van der Waals surface area (Å²) in [6, 6.07) is 9.71. The maximum Gasteiger partial charge on any atom is 0.243 e. The molecule has 0 saturated heterocycles. The van der Waals surface area contributed by atoms with Crippen LogP contribution in [0, 0.1) is 0 Å². The van der Waals surface area contributed by atoms with E-state index in [9.17, 15) is 14.7 Å². The summed E-state index contributed by atoms with van der Waals surface area (Å²) in [7, 11) is 1.57. The van der Waals surface area contributed by atoms with Gasteiger partial charge in [0.25, 0.3) is 0 Å². The van der Waals surface area contributed by atoms with Crippen LogP contribution < -0.4 is 15.4 Å². The summed E-state index contributed by atoms with van der Waals surface area (Å²) in [4.78, 5) is 27.9. The predicted octanol–water partition coefficient (Wildman–Crippen LogP) is 1.16. The standard InChI is InChI=1S/C18H21N3O4/c1-12(22)21-16(9-14-7-8-15(23)11-19-14)18(24)20-10-13-5-3-4-6-17(13)25-2/h3-8,11,16,23H,9-10H2,1-2H3,(H,20,24)(H,21,22)/t16-/m0/s1. The number of nitrogens with one attached hydrogen (secondary N) is 2. The molecule has 0 aliphatic carbocycles. The molecule has 0 aliphatic heterocycles. The van der Waals surface area contributed by atoms with Crippen LogP contribution in [0.15, 0.2) is 42.6 Å². The van der Waals surface area contributed by atoms with E-state index in [-0.39, 0.29) is 30.5 Å². The van der Waals surface area contributed by atoms with Crippen molar-refractivity contribution < 1.29 is 19.4 Å². The molecule has 0 unspecified atom stereocenters. The maximum atomic E-state index is 12.5. The number of rotatable bonds is 7. The SMILES string of the molecule is COc1ccccc1CNC(=O)[C@H](Cc1ccc(O)cn1)NC(C)=O. The van der Waals surface area contributed by atoms with Crippen LogP contribution in [0.1, 0.15) is 18.2 Å². The van der Waals surface area contributed by atoms with Crippen molar-refractivity contribution in [3.05, 3.63) is 53.9 Å². The number of para-hydroxylation sites is 1. The molecule has 2 amide bonds. The van der Waals surface area contributed by atoms with E-state index in [4.69, 9.17) is 4.74 Å². The largest absolute Gasteiger partial charge is 0.506 e. The van der Waals surface area contributed by atoms with Crippen LogP contribution >= 0.6 is 0 Å². The number of ether oxygens (including phenoxy) is 1. The Hall–Kier alpha value is -3.09. The Bertz CT molecular complexity index is 731. The second-order valence-corrected chi connectivity index (χ2v) is 5.49. The smallest absolute Gasteiger partial charge is 0.243 e. The molecular formula is C18H21N3O4. The van der Waals surface area contributed by atoms with E-state index in [1.165, 1.54) is 19.2 Å². The van der Waals surface area contributed by atoms with E-state index in [1.807, 2.05) is 24.3 Å². The third-order valence-corrected chi connectivity index (χ3v) is 3.56. The van der Waals surface area contributed by atoms with Gasteiger partial charge in [-0.2, -0.15) is 0 Å². The van der Waals surface area contributed by atoms with Gasteiger partial charge in [-0.3, -0.25) is 14.6 Å². The van der Waals surface area contributed by atoms with Crippen LogP contribution in [-0.2, 0) is 22.6 Å². The summed E-state index contributed by atoms with van der Waals surface area (Å²) in [6.45, 7) is 1.63. The fourth-order valence-corrected chi connectivity index (χ4v) is 2.36. The van der Waals surface area contributed by atoms with Gasteiger partial charge < -0.3 is 20.5 Å². The third-order valence-electron chi connectivity index (χ3n) is 3.56. The minimum Gasteiger partial charge on any atom is -0.506 e. The number of benzene rings is 1. The van der Waals surface area contributed by atoms with Crippen molar-refractivity contribution in [2.45, 2.75) is 25.9 Å². The molecule has 7 heteroatoms. The fraction of sp³-hybridized carbons (Fsp3) is 0.278. The van der Waals surface area contributed by atoms with Crippen LogP contribution in [-0.4, -0.2) is 35.1 Å². The van der Waals surface area contributed by atoms with Crippen molar-refractivity contribution in [3.8, 4) is 11.5 Å². The molecule has 0 aliphatic rings. The first-order valence-corrected chi connectivity index (χ1v) is 7.80. The number of pyridine rings is 1. The molecule has 3 N–H and O–H groups in total. The quantitative estimate of drug-likeness (QED) is 0.700. The number of carbonyl (C=O) groups excluding carboxylic acids is 2. The molecule has 0 spiro atoms.